The molecule has 23 heavy (non-hydrogen) atoms. The van der Waals surface area contributed by atoms with Crippen molar-refractivity contribution in [3.05, 3.63) is 59.1 Å². The highest BCUT2D eigenvalue weighted by atomic mass is 35.5. The fourth-order valence-corrected chi connectivity index (χ4v) is 2.83. The van der Waals surface area contributed by atoms with Gasteiger partial charge in [0, 0.05) is 15.5 Å². The van der Waals surface area contributed by atoms with E-state index in [2.05, 4.69) is 10.5 Å². The number of rotatable bonds is 5. The summed E-state index contributed by atoms with van der Waals surface area (Å²) in [6.07, 6.45) is 0. The number of halogens is 1. The Balaban J connectivity index is 1.97. The van der Waals surface area contributed by atoms with Gasteiger partial charge in [0.05, 0.1) is 11.0 Å². The molecule has 0 saturated carbocycles. The first kappa shape index (κ1) is 17.4. The van der Waals surface area contributed by atoms with Crippen molar-refractivity contribution in [2.24, 2.45) is 5.10 Å². The topological polar surface area (TPSA) is 61.7 Å². The van der Waals surface area contributed by atoms with E-state index in [1.807, 2.05) is 12.1 Å². The molecule has 0 aliphatic carbocycles. The van der Waals surface area contributed by atoms with Crippen molar-refractivity contribution in [1.29, 1.82) is 0 Å². The second-order valence-electron chi connectivity index (χ2n) is 4.90. The van der Waals surface area contributed by atoms with Gasteiger partial charge in [0.25, 0.3) is 5.91 Å². The van der Waals surface area contributed by atoms with Crippen LogP contribution in [0.25, 0.3) is 0 Å². The SMILES string of the molecule is CC(=NNC(=O)C(C)Sc1ccc(Cl)cc1)c1ccccc1O. The molecule has 2 aromatic rings. The molecule has 1 unspecified atom stereocenters. The van der Waals surface area contributed by atoms with Gasteiger partial charge in [-0.1, -0.05) is 23.7 Å². The second kappa shape index (κ2) is 8.04. The van der Waals surface area contributed by atoms with Crippen LogP contribution in [0.2, 0.25) is 5.02 Å². The Morgan fingerprint density at radius 2 is 1.87 bits per heavy atom. The first-order valence-corrected chi connectivity index (χ1v) is 8.28. The number of benzene rings is 2. The lowest BCUT2D eigenvalue weighted by molar-refractivity contribution is -0.120. The number of nitrogens with zero attached hydrogens (tertiary/aromatic N) is 1. The Bertz CT molecular complexity index is 717. The first-order chi connectivity index (χ1) is 11.0. The number of thioether (sulfide) groups is 1. The standard InChI is InChI=1S/C17H17ClN2O2S/c1-11(15-5-3-4-6-16(15)21)19-20-17(22)12(2)23-14-9-7-13(18)8-10-14/h3-10,12,21H,1-2H3,(H,20,22). The lowest BCUT2D eigenvalue weighted by Crippen LogP contribution is -2.27. The van der Waals surface area contributed by atoms with E-state index in [4.69, 9.17) is 11.6 Å². The highest BCUT2D eigenvalue weighted by molar-refractivity contribution is 8.00. The Kier molecular flexibility index (Phi) is 6.07. The minimum atomic E-state index is -0.308. The molecule has 2 N–H and O–H groups in total. The molecule has 0 aliphatic rings. The van der Waals surface area contributed by atoms with Gasteiger partial charge in [0.2, 0.25) is 0 Å². The van der Waals surface area contributed by atoms with Crippen LogP contribution in [-0.4, -0.2) is 22.0 Å². The van der Waals surface area contributed by atoms with Crippen molar-refractivity contribution in [2.45, 2.75) is 24.0 Å². The Morgan fingerprint density at radius 3 is 2.52 bits per heavy atom. The van der Waals surface area contributed by atoms with Gasteiger partial charge in [-0.25, -0.2) is 5.43 Å². The third-order valence-electron chi connectivity index (χ3n) is 3.12. The summed E-state index contributed by atoms with van der Waals surface area (Å²) in [5, 5.41) is 14.2. The summed E-state index contributed by atoms with van der Waals surface area (Å²) >= 11 is 7.26. The number of para-hydroxylation sites is 1. The maximum Gasteiger partial charge on any atom is 0.253 e. The normalized spacial score (nSPS) is 12.7. The molecule has 0 heterocycles. The fraction of sp³-hybridized carbons (Fsp3) is 0.176. The molecule has 1 amide bonds. The van der Waals surface area contributed by atoms with Crippen molar-refractivity contribution < 1.29 is 9.90 Å². The van der Waals surface area contributed by atoms with Gasteiger partial charge in [-0.2, -0.15) is 5.10 Å². The van der Waals surface area contributed by atoms with Crippen LogP contribution in [0, 0.1) is 0 Å². The maximum atomic E-state index is 12.1. The number of phenolic OH excluding ortho intramolecular Hbond substituents is 1. The number of nitrogens with one attached hydrogen (secondary N) is 1. The fourth-order valence-electron chi connectivity index (χ4n) is 1.84. The predicted molar refractivity (Wildman–Crippen MR) is 95.2 cm³/mol. The van der Waals surface area contributed by atoms with E-state index in [9.17, 15) is 9.90 Å². The molecule has 0 bridgehead atoms. The van der Waals surface area contributed by atoms with Gasteiger partial charge in [0.15, 0.2) is 0 Å². The van der Waals surface area contributed by atoms with E-state index < -0.39 is 0 Å². The molecule has 6 heteroatoms. The molecule has 2 rings (SSSR count). The Labute approximate surface area is 144 Å². The quantitative estimate of drug-likeness (QED) is 0.486. The smallest absolute Gasteiger partial charge is 0.253 e. The van der Waals surface area contributed by atoms with E-state index in [1.165, 1.54) is 11.8 Å². The number of hydrogen-bond acceptors (Lipinski definition) is 4. The number of carbonyl (C=O) groups excluding carboxylic acids is 1. The number of aromatic hydroxyl groups is 1. The van der Waals surface area contributed by atoms with E-state index in [0.717, 1.165) is 4.90 Å². The number of amides is 1. The molecule has 0 fully saturated rings. The number of hydrazone groups is 1. The van der Waals surface area contributed by atoms with E-state index >= 15 is 0 Å². The summed E-state index contributed by atoms with van der Waals surface area (Å²) in [5.74, 6) is -0.0775. The lowest BCUT2D eigenvalue weighted by atomic mass is 10.1. The molecule has 0 radical (unpaired) electrons. The number of hydrogen-bond donors (Lipinski definition) is 2. The zero-order valence-electron chi connectivity index (χ0n) is 12.8. The van der Waals surface area contributed by atoms with Crippen LogP contribution in [0.5, 0.6) is 5.75 Å². The molecule has 0 aliphatic heterocycles. The van der Waals surface area contributed by atoms with Crippen LogP contribution >= 0.6 is 23.4 Å². The monoisotopic (exact) mass is 348 g/mol. The summed E-state index contributed by atoms with van der Waals surface area (Å²) in [5.41, 5.74) is 3.66. The second-order valence-corrected chi connectivity index (χ2v) is 6.76. The third kappa shape index (κ3) is 5.01. The summed E-state index contributed by atoms with van der Waals surface area (Å²) < 4.78 is 0. The highest BCUT2D eigenvalue weighted by Gasteiger charge is 2.14. The average Bonchev–Trinajstić information content (AvgIpc) is 2.54. The van der Waals surface area contributed by atoms with Gasteiger partial charge in [-0.05, 0) is 50.2 Å². The van der Waals surface area contributed by atoms with Gasteiger partial charge in [0.1, 0.15) is 5.75 Å². The van der Waals surface area contributed by atoms with E-state index in [0.29, 0.717) is 16.3 Å². The van der Waals surface area contributed by atoms with Crippen molar-refractivity contribution in [2.75, 3.05) is 0 Å². The molecule has 4 nitrogen and oxygen atoms in total. The van der Waals surface area contributed by atoms with Crippen molar-refractivity contribution >= 4 is 35.0 Å². The van der Waals surface area contributed by atoms with Gasteiger partial charge >= 0.3 is 0 Å². The van der Waals surface area contributed by atoms with Gasteiger partial charge in [-0.3, -0.25) is 4.79 Å². The van der Waals surface area contributed by atoms with Crippen LogP contribution in [0.1, 0.15) is 19.4 Å². The van der Waals surface area contributed by atoms with Crippen molar-refractivity contribution in [1.82, 2.24) is 5.43 Å². The molecule has 1 atom stereocenters. The van der Waals surface area contributed by atoms with E-state index in [-0.39, 0.29) is 16.9 Å². The van der Waals surface area contributed by atoms with Crippen LogP contribution in [0.4, 0.5) is 0 Å². The third-order valence-corrected chi connectivity index (χ3v) is 4.49. The van der Waals surface area contributed by atoms with Crippen LogP contribution in [0.3, 0.4) is 0 Å². The Hall–Kier alpha value is -1.98. The zero-order chi connectivity index (χ0) is 16.8. The highest BCUT2D eigenvalue weighted by Crippen LogP contribution is 2.24. The molecule has 0 aromatic heterocycles. The minimum Gasteiger partial charge on any atom is -0.507 e. The van der Waals surface area contributed by atoms with Crippen LogP contribution in [0.15, 0.2) is 58.5 Å². The summed E-state index contributed by atoms with van der Waals surface area (Å²) in [6.45, 7) is 3.53. The predicted octanol–water partition coefficient (Wildman–Crippen LogP) is 4.07. The van der Waals surface area contributed by atoms with E-state index in [1.54, 1.807) is 50.2 Å². The Morgan fingerprint density at radius 1 is 1.22 bits per heavy atom. The minimum absolute atomic E-state index is 0.131. The molecule has 0 spiro atoms. The molecular weight excluding hydrogens is 332 g/mol. The average molecular weight is 349 g/mol. The largest absolute Gasteiger partial charge is 0.507 e. The number of phenols is 1. The zero-order valence-corrected chi connectivity index (χ0v) is 14.4. The maximum absolute atomic E-state index is 12.1. The molecule has 2 aromatic carbocycles. The summed E-state index contributed by atoms with van der Waals surface area (Å²) in [4.78, 5) is 13.1. The first-order valence-electron chi connectivity index (χ1n) is 7.02. The number of carbonyl (C=O) groups is 1. The van der Waals surface area contributed by atoms with Gasteiger partial charge < -0.3 is 5.11 Å². The summed E-state index contributed by atoms with van der Waals surface area (Å²) in [6, 6.07) is 14.2. The molecule has 0 saturated heterocycles. The van der Waals surface area contributed by atoms with Gasteiger partial charge in [-0.15, -0.1) is 11.8 Å². The summed E-state index contributed by atoms with van der Waals surface area (Å²) in [7, 11) is 0. The lowest BCUT2D eigenvalue weighted by Gasteiger charge is -2.10. The van der Waals surface area contributed by atoms with Crippen LogP contribution < -0.4 is 5.43 Å². The molecular formula is C17H17ClN2O2S. The molecule has 120 valence electrons. The van der Waals surface area contributed by atoms with Crippen molar-refractivity contribution in [3.63, 3.8) is 0 Å². The van der Waals surface area contributed by atoms with Crippen molar-refractivity contribution in [3.8, 4) is 5.75 Å². The van der Waals surface area contributed by atoms with Crippen LogP contribution in [-0.2, 0) is 4.79 Å².